The summed E-state index contributed by atoms with van der Waals surface area (Å²) in [6.07, 6.45) is 3.04. The predicted molar refractivity (Wildman–Crippen MR) is 119 cm³/mol. The molecule has 2 N–H and O–H groups in total. The third-order valence-corrected chi connectivity index (χ3v) is 6.18. The molecule has 2 amide bonds. The van der Waals surface area contributed by atoms with Crippen LogP contribution in [0.15, 0.2) is 36.4 Å². The number of halogens is 2. The Balaban J connectivity index is 1.17. The number of fused-ring (bicyclic) bond motifs is 1. The van der Waals surface area contributed by atoms with E-state index in [0.717, 1.165) is 31.2 Å². The lowest BCUT2D eigenvalue weighted by molar-refractivity contribution is -0.128. The van der Waals surface area contributed by atoms with Gasteiger partial charge in [-0.15, -0.1) is 0 Å². The standard InChI is InChI=1S/C24H26ClFN2O4/c1-14-2-8-19(12-20(14)26)31-13-23(29)27-17-4-6-18(7-5-17)28-24(30)22-11-15-10-16(25)3-9-21(15)32-22/h2-3,8-10,12,17-18,22H,4-7,11,13H2,1H3,(H,27,29)(H,28,30). The number of rotatable bonds is 6. The number of benzene rings is 2. The van der Waals surface area contributed by atoms with Crippen molar-refractivity contribution in [1.82, 2.24) is 10.6 Å². The number of aryl methyl sites for hydroxylation is 1. The summed E-state index contributed by atoms with van der Waals surface area (Å²) in [5, 5.41) is 6.65. The summed E-state index contributed by atoms with van der Waals surface area (Å²) >= 11 is 6.01. The second-order valence-corrected chi connectivity index (χ2v) is 8.82. The molecular formula is C24H26ClFN2O4. The number of ether oxygens (including phenoxy) is 2. The van der Waals surface area contributed by atoms with E-state index in [0.29, 0.717) is 28.5 Å². The van der Waals surface area contributed by atoms with Crippen LogP contribution in [0.2, 0.25) is 5.02 Å². The fourth-order valence-corrected chi connectivity index (χ4v) is 4.32. The summed E-state index contributed by atoms with van der Waals surface area (Å²) in [4.78, 5) is 24.8. The number of nitrogens with one attached hydrogen (secondary N) is 2. The van der Waals surface area contributed by atoms with E-state index in [1.54, 1.807) is 31.2 Å². The number of hydrogen-bond acceptors (Lipinski definition) is 4. The largest absolute Gasteiger partial charge is 0.484 e. The maximum Gasteiger partial charge on any atom is 0.261 e. The summed E-state index contributed by atoms with van der Waals surface area (Å²) in [7, 11) is 0. The van der Waals surface area contributed by atoms with Crippen molar-refractivity contribution in [3.05, 3.63) is 58.4 Å². The fourth-order valence-electron chi connectivity index (χ4n) is 4.12. The molecule has 2 aromatic rings. The predicted octanol–water partition coefficient (Wildman–Crippen LogP) is 3.71. The lowest BCUT2D eigenvalue weighted by atomic mass is 9.91. The van der Waals surface area contributed by atoms with Crippen LogP contribution >= 0.6 is 11.6 Å². The van der Waals surface area contributed by atoms with Crippen molar-refractivity contribution >= 4 is 23.4 Å². The quantitative estimate of drug-likeness (QED) is 0.689. The molecule has 1 atom stereocenters. The van der Waals surface area contributed by atoms with Crippen LogP contribution in [-0.4, -0.2) is 36.6 Å². The lowest BCUT2D eigenvalue weighted by Crippen LogP contribution is -2.47. The van der Waals surface area contributed by atoms with Crippen LogP contribution in [-0.2, 0) is 16.0 Å². The van der Waals surface area contributed by atoms with Crippen molar-refractivity contribution < 1.29 is 23.5 Å². The molecule has 1 fully saturated rings. The molecule has 1 aliphatic heterocycles. The minimum atomic E-state index is -0.537. The number of amides is 2. The van der Waals surface area contributed by atoms with Gasteiger partial charge in [-0.25, -0.2) is 4.39 Å². The van der Waals surface area contributed by atoms with E-state index >= 15 is 0 Å². The monoisotopic (exact) mass is 460 g/mol. The van der Waals surface area contributed by atoms with Crippen LogP contribution in [0.5, 0.6) is 11.5 Å². The van der Waals surface area contributed by atoms with Gasteiger partial charge in [0.25, 0.3) is 11.8 Å². The molecule has 0 aromatic heterocycles. The van der Waals surface area contributed by atoms with Gasteiger partial charge in [-0.1, -0.05) is 17.7 Å². The van der Waals surface area contributed by atoms with Gasteiger partial charge in [0.2, 0.25) is 0 Å². The maximum absolute atomic E-state index is 13.6. The van der Waals surface area contributed by atoms with Crippen molar-refractivity contribution in [2.24, 2.45) is 0 Å². The highest BCUT2D eigenvalue weighted by atomic mass is 35.5. The summed E-state index contributed by atoms with van der Waals surface area (Å²) in [6, 6.07) is 9.98. The second-order valence-electron chi connectivity index (χ2n) is 8.39. The first-order chi connectivity index (χ1) is 15.4. The van der Waals surface area contributed by atoms with E-state index in [9.17, 15) is 14.0 Å². The normalized spacial score (nSPS) is 21.9. The molecule has 0 bridgehead atoms. The van der Waals surface area contributed by atoms with Crippen molar-refractivity contribution in [1.29, 1.82) is 0 Å². The first-order valence-electron chi connectivity index (χ1n) is 10.8. The molecule has 0 saturated heterocycles. The zero-order valence-electron chi connectivity index (χ0n) is 17.8. The molecule has 0 spiro atoms. The molecule has 6 nitrogen and oxygen atoms in total. The fraction of sp³-hybridized carbons (Fsp3) is 0.417. The Labute approximate surface area is 191 Å². The Kier molecular flexibility index (Phi) is 6.84. The number of hydrogen-bond donors (Lipinski definition) is 2. The first kappa shape index (κ1) is 22.4. The van der Waals surface area contributed by atoms with Gasteiger partial charge in [0.15, 0.2) is 12.7 Å². The molecular weight excluding hydrogens is 435 g/mol. The van der Waals surface area contributed by atoms with Crippen LogP contribution in [0.25, 0.3) is 0 Å². The molecule has 32 heavy (non-hydrogen) atoms. The number of carbonyl (C=O) groups is 2. The average molecular weight is 461 g/mol. The highest BCUT2D eigenvalue weighted by molar-refractivity contribution is 6.30. The molecule has 1 unspecified atom stereocenters. The van der Waals surface area contributed by atoms with E-state index in [2.05, 4.69) is 10.6 Å². The van der Waals surface area contributed by atoms with Crippen molar-refractivity contribution in [2.45, 2.75) is 57.2 Å². The summed E-state index contributed by atoms with van der Waals surface area (Å²) in [5.41, 5.74) is 1.47. The van der Waals surface area contributed by atoms with Crippen LogP contribution in [0.3, 0.4) is 0 Å². The zero-order chi connectivity index (χ0) is 22.7. The molecule has 4 rings (SSSR count). The van der Waals surface area contributed by atoms with E-state index in [4.69, 9.17) is 21.1 Å². The van der Waals surface area contributed by atoms with Gasteiger partial charge >= 0.3 is 0 Å². The minimum Gasteiger partial charge on any atom is -0.484 e. The highest BCUT2D eigenvalue weighted by Gasteiger charge is 2.31. The molecule has 8 heteroatoms. The number of carbonyl (C=O) groups excluding carboxylic acids is 2. The molecule has 2 aliphatic rings. The van der Waals surface area contributed by atoms with Gasteiger partial charge in [-0.2, -0.15) is 0 Å². The highest BCUT2D eigenvalue weighted by Crippen LogP contribution is 2.31. The Hall–Kier alpha value is -2.80. The maximum atomic E-state index is 13.6. The van der Waals surface area contributed by atoms with Crippen LogP contribution in [0.4, 0.5) is 4.39 Å². The third-order valence-electron chi connectivity index (χ3n) is 5.94. The molecule has 1 heterocycles. The SMILES string of the molecule is Cc1ccc(OCC(=O)NC2CCC(NC(=O)C3Cc4cc(Cl)ccc4O3)CC2)cc1F. The van der Waals surface area contributed by atoms with Crippen LogP contribution in [0, 0.1) is 12.7 Å². The van der Waals surface area contributed by atoms with Gasteiger partial charge in [0.1, 0.15) is 17.3 Å². The van der Waals surface area contributed by atoms with Crippen molar-refractivity contribution in [2.75, 3.05) is 6.61 Å². The zero-order valence-corrected chi connectivity index (χ0v) is 18.6. The molecule has 170 valence electrons. The van der Waals surface area contributed by atoms with Crippen molar-refractivity contribution in [3.63, 3.8) is 0 Å². The average Bonchev–Trinajstić information content (AvgIpc) is 3.19. The smallest absolute Gasteiger partial charge is 0.261 e. The van der Waals surface area contributed by atoms with E-state index in [1.165, 1.54) is 6.07 Å². The van der Waals surface area contributed by atoms with E-state index < -0.39 is 6.10 Å². The first-order valence-corrected chi connectivity index (χ1v) is 11.2. The summed E-state index contributed by atoms with van der Waals surface area (Å²) in [6.45, 7) is 1.50. The van der Waals surface area contributed by atoms with E-state index in [-0.39, 0.29) is 36.3 Å². The minimum absolute atomic E-state index is 0.0307. The lowest BCUT2D eigenvalue weighted by Gasteiger charge is -2.30. The van der Waals surface area contributed by atoms with Crippen molar-refractivity contribution in [3.8, 4) is 11.5 Å². The van der Waals surface area contributed by atoms with Gasteiger partial charge in [0.05, 0.1) is 0 Å². The van der Waals surface area contributed by atoms with Gasteiger partial charge in [0, 0.05) is 29.6 Å². The molecule has 1 saturated carbocycles. The molecule has 2 aromatic carbocycles. The summed E-state index contributed by atoms with van der Waals surface area (Å²) < 4.78 is 24.7. The summed E-state index contributed by atoms with van der Waals surface area (Å²) in [5.74, 6) is 0.307. The molecule has 0 radical (unpaired) electrons. The Morgan fingerprint density at radius 1 is 1.09 bits per heavy atom. The van der Waals surface area contributed by atoms with Crippen LogP contribution < -0.4 is 20.1 Å². The topological polar surface area (TPSA) is 76.7 Å². The van der Waals surface area contributed by atoms with E-state index in [1.807, 2.05) is 6.07 Å². The second kappa shape index (κ2) is 9.77. The Bertz CT molecular complexity index is 1010. The van der Waals surface area contributed by atoms with Crippen LogP contribution in [0.1, 0.15) is 36.8 Å². The van der Waals surface area contributed by atoms with Gasteiger partial charge < -0.3 is 20.1 Å². The Morgan fingerprint density at radius 3 is 2.53 bits per heavy atom. The van der Waals surface area contributed by atoms with Gasteiger partial charge in [-0.05, 0) is 68.0 Å². The Morgan fingerprint density at radius 2 is 1.81 bits per heavy atom. The molecule has 1 aliphatic carbocycles. The van der Waals surface area contributed by atoms with Gasteiger partial charge in [-0.3, -0.25) is 9.59 Å². The third kappa shape index (κ3) is 5.51.